The summed E-state index contributed by atoms with van der Waals surface area (Å²) in [6.45, 7) is 12.3. The predicted octanol–water partition coefficient (Wildman–Crippen LogP) is 9.70. The molecule has 37 heavy (non-hydrogen) atoms. The number of unbranched alkanes of at least 4 members (excludes halogenated alkanes) is 3. The van der Waals surface area contributed by atoms with E-state index in [9.17, 15) is 0 Å². The molecular weight excluding hydrogens is 468 g/mol. The third-order valence-electron chi connectivity index (χ3n) is 7.33. The first kappa shape index (κ1) is 29.3. The van der Waals surface area contributed by atoms with Crippen LogP contribution in [0, 0.1) is 12.8 Å². The average Bonchev–Trinajstić information content (AvgIpc) is 2.89. The second-order valence-electron chi connectivity index (χ2n) is 10.8. The highest BCUT2D eigenvalue weighted by molar-refractivity contribution is 7.97. The lowest BCUT2D eigenvalue weighted by atomic mass is 9.86. The van der Waals surface area contributed by atoms with Gasteiger partial charge in [0.25, 0.3) is 0 Å². The molecule has 3 aromatic carbocycles. The highest BCUT2D eigenvalue weighted by Crippen LogP contribution is 2.32. The van der Waals surface area contributed by atoms with Gasteiger partial charge in [-0.25, -0.2) is 0 Å². The molecular formula is C34H48N2S. The van der Waals surface area contributed by atoms with Crippen LogP contribution < -0.4 is 10.0 Å². The Balaban J connectivity index is 1.75. The summed E-state index contributed by atoms with van der Waals surface area (Å²) in [6, 6.07) is 23.0. The van der Waals surface area contributed by atoms with Crippen molar-refractivity contribution in [3.05, 3.63) is 94.0 Å². The molecule has 2 N–H and O–H groups in total. The van der Waals surface area contributed by atoms with Crippen LogP contribution >= 0.6 is 11.9 Å². The molecule has 0 heterocycles. The topological polar surface area (TPSA) is 24.1 Å². The number of hydrogen-bond acceptors (Lipinski definition) is 3. The monoisotopic (exact) mass is 516 g/mol. The van der Waals surface area contributed by atoms with Crippen LogP contribution in [0.1, 0.15) is 99.1 Å². The Morgan fingerprint density at radius 3 is 2.24 bits per heavy atom. The van der Waals surface area contributed by atoms with Gasteiger partial charge in [-0.1, -0.05) is 95.5 Å². The van der Waals surface area contributed by atoms with E-state index in [0.717, 1.165) is 25.8 Å². The minimum Gasteiger partial charge on any atom is -0.388 e. The van der Waals surface area contributed by atoms with Gasteiger partial charge in [-0.05, 0) is 96.0 Å². The summed E-state index contributed by atoms with van der Waals surface area (Å²) >= 11 is 1.77. The van der Waals surface area contributed by atoms with E-state index in [4.69, 9.17) is 0 Å². The molecule has 3 heteroatoms. The molecule has 0 amide bonds. The van der Waals surface area contributed by atoms with Crippen molar-refractivity contribution in [2.45, 2.75) is 96.9 Å². The van der Waals surface area contributed by atoms with Crippen LogP contribution in [0.3, 0.4) is 0 Å². The van der Waals surface area contributed by atoms with Crippen molar-refractivity contribution in [1.82, 2.24) is 4.72 Å². The molecule has 1 atom stereocenters. The van der Waals surface area contributed by atoms with Crippen LogP contribution in [0.2, 0.25) is 0 Å². The third kappa shape index (κ3) is 8.65. The van der Waals surface area contributed by atoms with E-state index < -0.39 is 0 Å². The molecule has 2 nitrogen and oxygen atoms in total. The molecule has 0 saturated heterocycles. The summed E-state index contributed by atoms with van der Waals surface area (Å²) in [5.41, 5.74) is 9.76. The van der Waals surface area contributed by atoms with E-state index in [-0.39, 0.29) is 0 Å². The van der Waals surface area contributed by atoms with Gasteiger partial charge in [-0.2, -0.15) is 0 Å². The molecule has 3 rings (SSSR count). The molecule has 0 saturated carbocycles. The van der Waals surface area contributed by atoms with Gasteiger partial charge >= 0.3 is 0 Å². The number of benzene rings is 3. The van der Waals surface area contributed by atoms with Gasteiger partial charge in [0.15, 0.2) is 0 Å². The summed E-state index contributed by atoms with van der Waals surface area (Å²) < 4.78 is 3.66. The van der Waals surface area contributed by atoms with Crippen LogP contribution in [0.5, 0.6) is 0 Å². The Labute approximate surface area is 231 Å². The van der Waals surface area contributed by atoms with Gasteiger partial charge in [0, 0.05) is 30.1 Å². The minimum atomic E-state index is 0.416. The van der Waals surface area contributed by atoms with Crippen molar-refractivity contribution in [2.75, 3.05) is 12.4 Å². The van der Waals surface area contributed by atoms with Crippen LogP contribution in [0.25, 0.3) is 0 Å². The lowest BCUT2D eigenvalue weighted by molar-refractivity contribution is 0.640. The van der Waals surface area contributed by atoms with Crippen molar-refractivity contribution in [3.8, 4) is 0 Å². The Bertz CT molecular complexity index is 1100. The molecule has 1 unspecified atom stereocenters. The summed E-state index contributed by atoms with van der Waals surface area (Å²) in [4.78, 5) is 1.34. The maximum absolute atomic E-state index is 3.66. The second kappa shape index (κ2) is 15.2. The van der Waals surface area contributed by atoms with Crippen molar-refractivity contribution < 1.29 is 0 Å². The molecule has 0 aromatic heterocycles. The number of anilines is 1. The average molecular weight is 517 g/mol. The maximum Gasteiger partial charge on any atom is 0.0370 e. The zero-order valence-corrected chi connectivity index (χ0v) is 24.8. The molecule has 0 fully saturated rings. The van der Waals surface area contributed by atoms with Crippen molar-refractivity contribution in [3.63, 3.8) is 0 Å². The fourth-order valence-electron chi connectivity index (χ4n) is 5.19. The highest BCUT2D eigenvalue weighted by Gasteiger charge is 2.16. The Hall–Kier alpha value is -2.23. The molecule has 0 spiro atoms. The Morgan fingerprint density at radius 1 is 0.811 bits per heavy atom. The molecule has 0 aliphatic carbocycles. The van der Waals surface area contributed by atoms with Gasteiger partial charge in [0.1, 0.15) is 0 Å². The fourth-order valence-corrected chi connectivity index (χ4v) is 6.00. The molecule has 0 bridgehead atoms. The van der Waals surface area contributed by atoms with Gasteiger partial charge in [-0.3, -0.25) is 4.72 Å². The molecule has 0 aliphatic heterocycles. The number of rotatable bonds is 15. The molecule has 0 aliphatic rings. The Kier molecular flexibility index (Phi) is 12.1. The Morgan fingerprint density at radius 2 is 1.54 bits per heavy atom. The second-order valence-corrected chi connectivity index (χ2v) is 11.7. The van der Waals surface area contributed by atoms with Gasteiger partial charge in [0.2, 0.25) is 0 Å². The van der Waals surface area contributed by atoms with Crippen molar-refractivity contribution in [1.29, 1.82) is 0 Å². The molecule has 200 valence electrons. The van der Waals surface area contributed by atoms with Crippen LogP contribution in [-0.2, 0) is 19.4 Å². The summed E-state index contributed by atoms with van der Waals surface area (Å²) in [6.07, 6.45) is 8.56. The van der Waals surface area contributed by atoms with E-state index in [1.807, 2.05) is 7.05 Å². The SMILES string of the molecule is CCCCCCc1cc(C(CC)c2ccc(C)c(CNSc3ccccc3CC(C)C)c2)ccc1NC. The lowest BCUT2D eigenvalue weighted by Gasteiger charge is -2.21. The number of aryl methyl sites for hydroxylation is 2. The summed E-state index contributed by atoms with van der Waals surface area (Å²) in [5.74, 6) is 1.07. The molecule has 3 aromatic rings. The third-order valence-corrected chi connectivity index (χ3v) is 8.24. The summed E-state index contributed by atoms with van der Waals surface area (Å²) in [7, 11) is 2.04. The first-order valence-electron chi connectivity index (χ1n) is 14.3. The minimum absolute atomic E-state index is 0.416. The summed E-state index contributed by atoms with van der Waals surface area (Å²) in [5, 5.41) is 3.42. The van der Waals surface area contributed by atoms with Crippen LogP contribution in [0.15, 0.2) is 65.6 Å². The largest absolute Gasteiger partial charge is 0.388 e. The maximum atomic E-state index is 3.66. The van der Waals surface area contributed by atoms with E-state index in [2.05, 4.69) is 105 Å². The standard InChI is InChI=1S/C34H48N2S/c1-7-9-10-11-14-29-22-28(19-20-33(29)35-6)32(8-2)27-18-17-26(5)31(23-27)24-36-37-34-16-13-12-15-30(34)21-25(3)4/h12-13,15-20,22-23,25,32,35-36H,7-11,14,21,24H2,1-6H3. The highest BCUT2D eigenvalue weighted by atomic mass is 32.2. The normalized spacial score (nSPS) is 12.2. The molecule has 0 radical (unpaired) electrons. The van der Waals surface area contributed by atoms with E-state index in [1.165, 1.54) is 69.6 Å². The zero-order valence-electron chi connectivity index (χ0n) is 24.0. The first-order chi connectivity index (χ1) is 18.0. The van der Waals surface area contributed by atoms with Gasteiger partial charge < -0.3 is 5.32 Å². The van der Waals surface area contributed by atoms with Crippen LogP contribution in [0.4, 0.5) is 5.69 Å². The zero-order chi connectivity index (χ0) is 26.6. The van der Waals surface area contributed by atoms with E-state index in [1.54, 1.807) is 11.9 Å². The predicted molar refractivity (Wildman–Crippen MR) is 165 cm³/mol. The van der Waals surface area contributed by atoms with Crippen molar-refractivity contribution >= 4 is 17.6 Å². The van der Waals surface area contributed by atoms with Crippen LogP contribution in [-0.4, -0.2) is 7.05 Å². The number of hydrogen-bond donors (Lipinski definition) is 2. The van der Waals surface area contributed by atoms with Crippen molar-refractivity contribution in [2.24, 2.45) is 5.92 Å². The lowest BCUT2D eigenvalue weighted by Crippen LogP contribution is -2.08. The first-order valence-corrected chi connectivity index (χ1v) is 15.2. The quantitative estimate of drug-likeness (QED) is 0.155. The van der Waals surface area contributed by atoms with Gasteiger partial charge in [0.05, 0.1) is 0 Å². The van der Waals surface area contributed by atoms with Gasteiger partial charge in [-0.15, -0.1) is 0 Å². The fraction of sp³-hybridized carbons (Fsp3) is 0.471. The number of nitrogens with one attached hydrogen (secondary N) is 2. The van der Waals surface area contributed by atoms with E-state index >= 15 is 0 Å². The van der Waals surface area contributed by atoms with E-state index in [0.29, 0.717) is 11.8 Å². The smallest absolute Gasteiger partial charge is 0.0370 e.